The van der Waals surface area contributed by atoms with Crippen LogP contribution >= 0.6 is 0 Å². The molecule has 0 unspecified atom stereocenters. The normalized spacial score (nSPS) is 11.0. The van der Waals surface area contributed by atoms with Crippen LogP contribution in [0.2, 0.25) is 0 Å². The van der Waals surface area contributed by atoms with Gasteiger partial charge in [-0.25, -0.2) is 9.67 Å². The van der Waals surface area contributed by atoms with Crippen LogP contribution < -0.4 is 5.73 Å². The van der Waals surface area contributed by atoms with Gasteiger partial charge in [-0.1, -0.05) is 51.9 Å². The molecule has 0 bridgehead atoms. The quantitative estimate of drug-likeness (QED) is 0.518. The van der Waals surface area contributed by atoms with Crippen molar-refractivity contribution in [3.05, 3.63) is 36.4 Å². The summed E-state index contributed by atoms with van der Waals surface area (Å²) in [6, 6.07) is 7.69. The van der Waals surface area contributed by atoms with Crippen molar-refractivity contribution in [2.45, 2.75) is 64.7 Å². The van der Waals surface area contributed by atoms with Crippen molar-refractivity contribution in [3.8, 4) is 5.69 Å². The van der Waals surface area contributed by atoms with Crippen LogP contribution in [0.25, 0.3) is 5.69 Å². The second-order valence-electron chi connectivity index (χ2n) is 5.92. The number of nitrogen functional groups attached to an aromatic ring is 1. The number of unbranched alkanes of at least 4 members (excludes halogenated alkanes) is 7. The predicted molar refractivity (Wildman–Crippen MR) is 92.1 cm³/mol. The van der Waals surface area contributed by atoms with Crippen LogP contribution in [0.3, 0.4) is 0 Å². The monoisotopic (exact) mass is 300 g/mol. The number of benzene rings is 1. The van der Waals surface area contributed by atoms with Gasteiger partial charge in [-0.2, -0.15) is 5.10 Å². The van der Waals surface area contributed by atoms with E-state index >= 15 is 0 Å². The molecule has 0 saturated heterocycles. The van der Waals surface area contributed by atoms with E-state index in [0.717, 1.165) is 23.6 Å². The Kier molecular flexibility index (Phi) is 6.94. The fraction of sp³-hybridized carbons (Fsp3) is 0.556. The number of aryl methyl sites for hydroxylation is 1. The van der Waals surface area contributed by atoms with Crippen molar-refractivity contribution < 1.29 is 0 Å². The van der Waals surface area contributed by atoms with Crippen molar-refractivity contribution in [1.82, 2.24) is 14.8 Å². The Hall–Kier alpha value is -1.84. The maximum atomic E-state index is 5.70. The van der Waals surface area contributed by atoms with Gasteiger partial charge in [0.2, 0.25) is 0 Å². The van der Waals surface area contributed by atoms with Crippen LogP contribution in [-0.2, 0) is 6.42 Å². The lowest BCUT2D eigenvalue weighted by molar-refractivity contribution is 0.571. The molecule has 4 heteroatoms. The third-order valence-corrected chi connectivity index (χ3v) is 3.95. The first kappa shape index (κ1) is 16.5. The van der Waals surface area contributed by atoms with Crippen molar-refractivity contribution >= 4 is 5.69 Å². The lowest BCUT2D eigenvalue weighted by atomic mass is 10.1. The molecule has 120 valence electrons. The molecular weight excluding hydrogens is 272 g/mol. The third-order valence-electron chi connectivity index (χ3n) is 3.95. The SMILES string of the molecule is CCCCCCCCCCc1ncn(-c2ccc(N)cc2)n1. The summed E-state index contributed by atoms with van der Waals surface area (Å²) in [4.78, 5) is 4.39. The molecule has 2 N–H and O–H groups in total. The maximum Gasteiger partial charge on any atom is 0.151 e. The fourth-order valence-corrected chi connectivity index (χ4v) is 2.58. The molecule has 0 atom stereocenters. The van der Waals surface area contributed by atoms with Gasteiger partial charge in [0.1, 0.15) is 6.33 Å². The molecule has 1 heterocycles. The number of aromatic nitrogens is 3. The van der Waals surface area contributed by atoms with Gasteiger partial charge in [0.25, 0.3) is 0 Å². The average molecular weight is 300 g/mol. The molecule has 2 aromatic rings. The van der Waals surface area contributed by atoms with Crippen molar-refractivity contribution in [3.63, 3.8) is 0 Å². The van der Waals surface area contributed by atoms with Crippen molar-refractivity contribution in [2.75, 3.05) is 5.73 Å². The van der Waals surface area contributed by atoms with E-state index < -0.39 is 0 Å². The summed E-state index contributed by atoms with van der Waals surface area (Å²) in [6.07, 6.45) is 13.4. The summed E-state index contributed by atoms with van der Waals surface area (Å²) in [6.45, 7) is 2.26. The minimum atomic E-state index is 0.767. The van der Waals surface area contributed by atoms with Crippen LogP contribution in [0.5, 0.6) is 0 Å². The molecule has 0 spiro atoms. The highest BCUT2D eigenvalue weighted by molar-refractivity contribution is 5.44. The maximum absolute atomic E-state index is 5.70. The smallest absolute Gasteiger partial charge is 0.151 e. The Labute approximate surface area is 133 Å². The molecule has 0 radical (unpaired) electrons. The molecule has 4 nitrogen and oxygen atoms in total. The second kappa shape index (κ2) is 9.23. The summed E-state index contributed by atoms with van der Waals surface area (Å²) in [5, 5.41) is 4.53. The van der Waals surface area contributed by atoms with Gasteiger partial charge < -0.3 is 5.73 Å². The summed E-state index contributed by atoms with van der Waals surface area (Å²) >= 11 is 0. The van der Waals surface area contributed by atoms with Crippen LogP contribution in [-0.4, -0.2) is 14.8 Å². The molecule has 0 saturated carbocycles. The van der Waals surface area contributed by atoms with Gasteiger partial charge in [-0.15, -0.1) is 0 Å². The summed E-state index contributed by atoms with van der Waals surface area (Å²) in [5.41, 5.74) is 7.47. The molecule has 0 aliphatic heterocycles. The van der Waals surface area contributed by atoms with E-state index in [1.807, 2.05) is 28.9 Å². The molecule has 1 aromatic carbocycles. The van der Waals surface area contributed by atoms with Gasteiger partial charge in [-0.3, -0.25) is 0 Å². The van der Waals surface area contributed by atoms with Crippen molar-refractivity contribution in [1.29, 1.82) is 0 Å². The number of nitrogens with two attached hydrogens (primary N) is 1. The molecule has 0 aliphatic carbocycles. The number of hydrogen-bond acceptors (Lipinski definition) is 3. The molecule has 22 heavy (non-hydrogen) atoms. The Morgan fingerprint density at radius 1 is 0.909 bits per heavy atom. The fourth-order valence-electron chi connectivity index (χ4n) is 2.58. The number of hydrogen-bond donors (Lipinski definition) is 1. The van der Waals surface area contributed by atoms with Gasteiger partial charge in [0, 0.05) is 12.1 Å². The molecule has 2 rings (SSSR count). The molecule has 0 aliphatic rings. The van der Waals surface area contributed by atoms with E-state index in [9.17, 15) is 0 Å². The first-order valence-corrected chi connectivity index (χ1v) is 8.56. The van der Waals surface area contributed by atoms with E-state index in [0.29, 0.717) is 0 Å². The first-order valence-electron chi connectivity index (χ1n) is 8.56. The van der Waals surface area contributed by atoms with E-state index in [1.54, 1.807) is 6.33 Å². The van der Waals surface area contributed by atoms with E-state index in [4.69, 9.17) is 5.73 Å². The molecule has 0 amide bonds. The predicted octanol–water partition coefficient (Wildman–Crippen LogP) is 4.53. The molecular formula is C18H28N4. The van der Waals surface area contributed by atoms with Gasteiger partial charge in [0.15, 0.2) is 5.82 Å². The first-order chi connectivity index (χ1) is 10.8. The highest BCUT2D eigenvalue weighted by atomic mass is 15.3. The van der Waals surface area contributed by atoms with Crippen LogP contribution in [0.1, 0.15) is 64.1 Å². The largest absolute Gasteiger partial charge is 0.399 e. The summed E-state index contributed by atoms with van der Waals surface area (Å²) in [7, 11) is 0. The minimum Gasteiger partial charge on any atom is -0.399 e. The minimum absolute atomic E-state index is 0.767. The van der Waals surface area contributed by atoms with Crippen molar-refractivity contribution in [2.24, 2.45) is 0 Å². The van der Waals surface area contributed by atoms with Crippen LogP contribution in [0, 0.1) is 0 Å². The Balaban J connectivity index is 1.66. The Morgan fingerprint density at radius 3 is 2.23 bits per heavy atom. The van der Waals surface area contributed by atoms with E-state index in [-0.39, 0.29) is 0 Å². The highest BCUT2D eigenvalue weighted by Crippen LogP contribution is 2.12. The second-order valence-corrected chi connectivity index (χ2v) is 5.92. The van der Waals surface area contributed by atoms with Gasteiger partial charge >= 0.3 is 0 Å². The molecule has 0 fully saturated rings. The van der Waals surface area contributed by atoms with Crippen LogP contribution in [0.15, 0.2) is 30.6 Å². The van der Waals surface area contributed by atoms with Gasteiger partial charge in [-0.05, 0) is 30.7 Å². The zero-order valence-electron chi connectivity index (χ0n) is 13.7. The zero-order valence-corrected chi connectivity index (χ0v) is 13.7. The number of rotatable bonds is 10. The highest BCUT2D eigenvalue weighted by Gasteiger charge is 2.03. The van der Waals surface area contributed by atoms with Crippen LogP contribution in [0.4, 0.5) is 5.69 Å². The number of anilines is 1. The summed E-state index contributed by atoms with van der Waals surface area (Å²) in [5.74, 6) is 0.933. The summed E-state index contributed by atoms with van der Waals surface area (Å²) < 4.78 is 1.82. The van der Waals surface area contributed by atoms with E-state index in [2.05, 4.69) is 17.0 Å². The lowest BCUT2D eigenvalue weighted by Crippen LogP contribution is -1.97. The third kappa shape index (κ3) is 5.51. The standard InChI is InChI=1S/C18H28N4/c1-2-3-4-5-6-7-8-9-10-18-20-15-22(21-18)17-13-11-16(19)12-14-17/h11-15H,2-10,19H2,1H3. The topological polar surface area (TPSA) is 56.7 Å². The average Bonchev–Trinajstić information content (AvgIpc) is 2.99. The Morgan fingerprint density at radius 2 is 1.55 bits per heavy atom. The van der Waals surface area contributed by atoms with E-state index in [1.165, 1.54) is 51.4 Å². The Bertz CT molecular complexity index is 530. The molecule has 1 aromatic heterocycles. The lowest BCUT2D eigenvalue weighted by Gasteiger charge is -2.01. The van der Waals surface area contributed by atoms with Gasteiger partial charge in [0.05, 0.1) is 5.69 Å². The zero-order chi connectivity index (χ0) is 15.6. The number of nitrogens with zero attached hydrogens (tertiary/aromatic N) is 3.